The lowest BCUT2D eigenvalue weighted by atomic mass is 10.2. The van der Waals surface area contributed by atoms with Crippen LogP contribution in [0.25, 0.3) is 17.1 Å². The third-order valence-corrected chi connectivity index (χ3v) is 5.08. The number of hydrogen-bond acceptors (Lipinski definition) is 3. The van der Waals surface area contributed by atoms with Gasteiger partial charge in [-0.1, -0.05) is 45.2 Å². The summed E-state index contributed by atoms with van der Waals surface area (Å²) in [4.78, 5) is 17.2. The first kappa shape index (κ1) is 19.6. The Morgan fingerprint density at radius 2 is 1.66 bits per heavy atom. The molecule has 0 radical (unpaired) electrons. The number of anilines is 1. The molecular formula is C21H13BrCl2N4O. The van der Waals surface area contributed by atoms with E-state index in [0.29, 0.717) is 21.6 Å². The van der Waals surface area contributed by atoms with Crippen LogP contribution >= 0.6 is 39.1 Å². The van der Waals surface area contributed by atoms with E-state index in [2.05, 4.69) is 31.3 Å². The second-order valence-electron chi connectivity index (χ2n) is 6.12. The summed E-state index contributed by atoms with van der Waals surface area (Å²) in [6, 6.07) is 21.7. The van der Waals surface area contributed by atoms with E-state index in [1.54, 1.807) is 41.1 Å². The molecule has 144 valence electrons. The van der Waals surface area contributed by atoms with Crippen LogP contribution in [0.1, 0.15) is 10.6 Å². The third-order valence-electron chi connectivity index (χ3n) is 4.07. The van der Waals surface area contributed by atoms with E-state index in [0.717, 1.165) is 15.7 Å². The van der Waals surface area contributed by atoms with Crippen LogP contribution in [0.2, 0.25) is 10.0 Å². The molecule has 1 aromatic heterocycles. The summed E-state index contributed by atoms with van der Waals surface area (Å²) in [5, 5.41) is 8.35. The van der Waals surface area contributed by atoms with Crippen molar-refractivity contribution in [2.45, 2.75) is 0 Å². The van der Waals surface area contributed by atoms with Gasteiger partial charge in [0.1, 0.15) is 0 Å². The topological polar surface area (TPSA) is 59.8 Å². The molecule has 0 atom stereocenters. The molecule has 4 aromatic rings. The minimum atomic E-state index is -0.432. The molecule has 1 amide bonds. The van der Waals surface area contributed by atoms with Crippen molar-refractivity contribution in [2.75, 3.05) is 5.32 Å². The van der Waals surface area contributed by atoms with Gasteiger partial charge in [-0.3, -0.25) is 4.79 Å². The fraction of sp³-hybridized carbons (Fsp3) is 0. The van der Waals surface area contributed by atoms with Crippen molar-refractivity contribution in [3.8, 4) is 17.1 Å². The lowest BCUT2D eigenvalue weighted by Gasteiger charge is -2.06. The molecule has 5 nitrogen and oxygen atoms in total. The summed E-state index contributed by atoms with van der Waals surface area (Å²) < 4.78 is 2.57. The summed E-state index contributed by atoms with van der Waals surface area (Å²) in [6.45, 7) is 0. The fourth-order valence-electron chi connectivity index (χ4n) is 2.71. The number of benzene rings is 3. The minimum Gasteiger partial charge on any atom is -0.319 e. The van der Waals surface area contributed by atoms with Crippen molar-refractivity contribution < 1.29 is 4.79 Å². The highest BCUT2D eigenvalue weighted by molar-refractivity contribution is 9.10. The molecule has 0 saturated heterocycles. The van der Waals surface area contributed by atoms with Crippen molar-refractivity contribution in [3.05, 3.63) is 93.1 Å². The number of carbonyl (C=O) groups excluding carboxylic acids is 1. The summed E-state index contributed by atoms with van der Waals surface area (Å²) in [6.07, 6.45) is 0. The minimum absolute atomic E-state index is 0.0397. The highest BCUT2D eigenvalue weighted by Gasteiger charge is 2.19. The van der Waals surface area contributed by atoms with E-state index < -0.39 is 5.91 Å². The normalized spacial score (nSPS) is 10.7. The van der Waals surface area contributed by atoms with E-state index in [-0.39, 0.29) is 5.82 Å². The standard InChI is InChI=1S/C21H13BrCl2N4O/c22-14-6-10-18(11-7-14)28-20(13-4-8-15(23)9-5-13)26-19(27-28)21(29)25-17-3-1-2-16(24)12-17/h1-12H,(H,25,29). The number of nitrogens with zero attached hydrogens (tertiary/aromatic N) is 3. The average Bonchev–Trinajstić information content (AvgIpc) is 3.15. The van der Waals surface area contributed by atoms with Gasteiger partial charge in [-0.15, -0.1) is 5.10 Å². The van der Waals surface area contributed by atoms with Gasteiger partial charge < -0.3 is 5.32 Å². The summed E-state index contributed by atoms with van der Waals surface area (Å²) in [5.74, 6) is 0.136. The fourth-order valence-corrected chi connectivity index (χ4v) is 3.29. The molecule has 0 bridgehead atoms. The van der Waals surface area contributed by atoms with E-state index in [1.807, 2.05) is 36.4 Å². The molecule has 0 aliphatic carbocycles. The van der Waals surface area contributed by atoms with Gasteiger partial charge in [0.25, 0.3) is 5.91 Å². The Morgan fingerprint density at radius 3 is 2.34 bits per heavy atom. The summed E-state index contributed by atoms with van der Waals surface area (Å²) >= 11 is 15.4. The molecule has 1 N–H and O–H groups in total. The number of nitrogens with one attached hydrogen (secondary N) is 1. The Hall–Kier alpha value is -2.67. The predicted molar refractivity (Wildman–Crippen MR) is 119 cm³/mol. The number of aromatic nitrogens is 3. The van der Waals surface area contributed by atoms with Crippen molar-refractivity contribution in [2.24, 2.45) is 0 Å². The van der Waals surface area contributed by atoms with Crippen LogP contribution in [0.3, 0.4) is 0 Å². The van der Waals surface area contributed by atoms with E-state index in [4.69, 9.17) is 23.2 Å². The smallest absolute Gasteiger partial charge is 0.295 e. The Kier molecular flexibility index (Phi) is 5.67. The number of rotatable bonds is 4. The van der Waals surface area contributed by atoms with E-state index in [9.17, 15) is 4.79 Å². The number of amides is 1. The SMILES string of the molecule is O=C(Nc1cccc(Cl)c1)c1nc(-c2ccc(Cl)cc2)n(-c2ccc(Br)cc2)n1. The number of halogens is 3. The predicted octanol–water partition coefficient (Wildman–Crippen LogP) is 6.26. The first-order chi connectivity index (χ1) is 14.0. The van der Waals surface area contributed by atoms with Gasteiger partial charge >= 0.3 is 0 Å². The van der Waals surface area contributed by atoms with Crippen LogP contribution in [-0.2, 0) is 0 Å². The Morgan fingerprint density at radius 1 is 0.931 bits per heavy atom. The maximum absolute atomic E-state index is 12.7. The molecule has 1 heterocycles. The van der Waals surface area contributed by atoms with Gasteiger partial charge in [0, 0.05) is 25.8 Å². The summed E-state index contributed by atoms with van der Waals surface area (Å²) in [5.41, 5.74) is 2.12. The molecule has 0 aliphatic rings. The van der Waals surface area contributed by atoms with Crippen molar-refractivity contribution >= 4 is 50.7 Å². The van der Waals surface area contributed by atoms with E-state index >= 15 is 0 Å². The lowest BCUT2D eigenvalue weighted by Crippen LogP contribution is -2.14. The van der Waals surface area contributed by atoms with Crippen molar-refractivity contribution in [1.82, 2.24) is 14.8 Å². The van der Waals surface area contributed by atoms with Gasteiger partial charge in [0.15, 0.2) is 5.82 Å². The van der Waals surface area contributed by atoms with Gasteiger partial charge in [-0.05, 0) is 66.7 Å². The van der Waals surface area contributed by atoms with Crippen LogP contribution in [0.5, 0.6) is 0 Å². The molecule has 4 rings (SSSR count). The van der Waals surface area contributed by atoms with E-state index in [1.165, 1.54) is 0 Å². The van der Waals surface area contributed by atoms with Gasteiger partial charge in [-0.25, -0.2) is 9.67 Å². The summed E-state index contributed by atoms with van der Waals surface area (Å²) in [7, 11) is 0. The first-order valence-electron chi connectivity index (χ1n) is 8.55. The quantitative estimate of drug-likeness (QED) is 0.369. The zero-order valence-corrected chi connectivity index (χ0v) is 17.9. The molecule has 0 unspecified atom stereocenters. The molecule has 3 aromatic carbocycles. The largest absolute Gasteiger partial charge is 0.319 e. The lowest BCUT2D eigenvalue weighted by molar-refractivity contribution is 0.101. The third kappa shape index (κ3) is 4.50. The van der Waals surface area contributed by atoms with Gasteiger partial charge in [0.05, 0.1) is 5.69 Å². The van der Waals surface area contributed by atoms with Gasteiger partial charge in [0.2, 0.25) is 5.82 Å². The van der Waals surface area contributed by atoms with Crippen molar-refractivity contribution in [3.63, 3.8) is 0 Å². The maximum atomic E-state index is 12.7. The van der Waals surface area contributed by atoms with Crippen LogP contribution in [-0.4, -0.2) is 20.7 Å². The maximum Gasteiger partial charge on any atom is 0.295 e. The first-order valence-corrected chi connectivity index (χ1v) is 10.1. The van der Waals surface area contributed by atoms with Crippen LogP contribution in [0.15, 0.2) is 77.3 Å². The Balaban J connectivity index is 1.75. The second-order valence-corrected chi connectivity index (χ2v) is 7.91. The monoisotopic (exact) mass is 486 g/mol. The molecule has 8 heteroatoms. The molecule has 29 heavy (non-hydrogen) atoms. The van der Waals surface area contributed by atoms with Crippen molar-refractivity contribution in [1.29, 1.82) is 0 Å². The van der Waals surface area contributed by atoms with Crippen LogP contribution < -0.4 is 5.32 Å². The van der Waals surface area contributed by atoms with Crippen LogP contribution in [0.4, 0.5) is 5.69 Å². The zero-order valence-electron chi connectivity index (χ0n) is 14.8. The Labute approximate surface area is 185 Å². The van der Waals surface area contributed by atoms with Crippen LogP contribution in [0, 0.1) is 0 Å². The molecule has 0 fully saturated rings. The van der Waals surface area contributed by atoms with Gasteiger partial charge in [-0.2, -0.15) is 0 Å². The molecular weight excluding hydrogens is 475 g/mol. The average molecular weight is 488 g/mol. The highest BCUT2D eigenvalue weighted by Crippen LogP contribution is 2.24. The zero-order chi connectivity index (χ0) is 20.4. The number of hydrogen-bond donors (Lipinski definition) is 1. The second kappa shape index (κ2) is 8.37. The number of carbonyl (C=O) groups is 1. The molecule has 0 spiro atoms. The molecule has 0 aliphatic heterocycles. The highest BCUT2D eigenvalue weighted by atomic mass is 79.9. The molecule has 0 saturated carbocycles. The Bertz CT molecular complexity index is 1110.